The topological polar surface area (TPSA) is 66.4 Å². The minimum atomic E-state index is -1.01. The monoisotopic (exact) mass is 315 g/mol. The summed E-state index contributed by atoms with van der Waals surface area (Å²) in [5.74, 6) is 0.0330. The van der Waals surface area contributed by atoms with E-state index in [1.807, 2.05) is 25.1 Å². The first-order valence-corrected chi connectivity index (χ1v) is 7.76. The first-order chi connectivity index (χ1) is 9.40. The van der Waals surface area contributed by atoms with Crippen LogP contribution in [0.3, 0.4) is 0 Å². The lowest BCUT2D eigenvalue weighted by Crippen LogP contribution is -2.39. The van der Waals surface area contributed by atoms with E-state index in [4.69, 9.17) is 16.7 Å². The van der Waals surface area contributed by atoms with Crippen molar-refractivity contribution in [3.8, 4) is 0 Å². The second-order valence-electron chi connectivity index (χ2n) is 4.53. The van der Waals surface area contributed by atoms with Crippen molar-refractivity contribution in [3.63, 3.8) is 0 Å². The van der Waals surface area contributed by atoms with E-state index in [1.54, 1.807) is 11.8 Å². The number of thioether (sulfide) groups is 1. The third-order valence-corrected chi connectivity index (χ3v) is 4.08. The lowest BCUT2D eigenvalue weighted by molar-refractivity contribution is -0.141. The Morgan fingerprint density at radius 2 is 2.15 bits per heavy atom. The average molecular weight is 316 g/mol. The lowest BCUT2D eigenvalue weighted by atomic mass is 10.2. The molecule has 0 aliphatic rings. The van der Waals surface area contributed by atoms with Crippen LogP contribution in [0.25, 0.3) is 0 Å². The predicted octanol–water partition coefficient (Wildman–Crippen LogP) is 2.86. The molecule has 6 heteroatoms. The highest BCUT2D eigenvalue weighted by atomic mass is 35.5. The molecule has 0 heterocycles. The van der Waals surface area contributed by atoms with Gasteiger partial charge in [-0.25, -0.2) is 4.79 Å². The highest BCUT2D eigenvalue weighted by molar-refractivity contribution is 7.98. The van der Waals surface area contributed by atoms with E-state index in [0.717, 1.165) is 21.9 Å². The summed E-state index contributed by atoms with van der Waals surface area (Å²) in [6, 6.07) is 5.06. The fraction of sp³-hybridized carbons (Fsp3) is 0.429. The van der Waals surface area contributed by atoms with Crippen molar-refractivity contribution in [1.82, 2.24) is 5.32 Å². The number of carbonyl (C=O) groups excluding carboxylic acids is 1. The van der Waals surface area contributed by atoms with Crippen molar-refractivity contribution in [2.75, 3.05) is 5.75 Å². The quantitative estimate of drug-likeness (QED) is 0.759. The Bertz CT molecular complexity index is 493. The first-order valence-electron chi connectivity index (χ1n) is 6.23. The van der Waals surface area contributed by atoms with Gasteiger partial charge in [-0.1, -0.05) is 23.7 Å². The van der Waals surface area contributed by atoms with E-state index in [2.05, 4.69) is 5.32 Å². The molecule has 1 unspecified atom stereocenters. The summed E-state index contributed by atoms with van der Waals surface area (Å²) in [4.78, 5) is 21.8. The van der Waals surface area contributed by atoms with E-state index in [1.165, 1.54) is 6.92 Å². The van der Waals surface area contributed by atoms with Gasteiger partial charge in [0.25, 0.3) is 0 Å². The standard InChI is InChI=1S/C14H18ClNO3S/c1-9-3-4-11(12(15)7-9)8-20-6-5-13(14(18)19)16-10(2)17/h3-4,7,13H,5-6,8H2,1-2H3,(H,16,17)(H,18,19). The molecule has 0 saturated carbocycles. The number of benzene rings is 1. The summed E-state index contributed by atoms with van der Waals surface area (Å²) < 4.78 is 0. The van der Waals surface area contributed by atoms with Gasteiger partial charge < -0.3 is 10.4 Å². The zero-order valence-corrected chi connectivity index (χ0v) is 13.1. The molecule has 1 amide bonds. The summed E-state index contributed by atoms with van der Waals surface area (Å²) >= 11 is 7.73. The molecule has 0 aromatic heterocycles. The Morgan fingerprint density at radius 3 is 2.70 bits per heavy atom. The van der Waals surface area contributed by atoms with Gasteiger partial charge in [-0.3, -0.25) is 4.79 Å². The molecule has 1 rings (SSSR count). The van der Waals surface area contributed by atoms with Crippen LogP contribution < -0.4 is 5.32 Å². The van der Waals surface area contributed by atoms with E-state index in [9.17, 15) is 9.59 Å². The Kier molecular flexibility index (Phi) is 6.88. The van der Waals surface area contributed by atoms with Crippen LogP contribution in [0.1, 0.15) is 24.5 Å². The maximum atomic E-state index is 10.9. The van der Waals surface area contributed by atoms with Gasteiger partial charge in [0, 0.05) is 17.7 Å². The lowest BCUT2D eigenvalue weighted by Gasteiger charge is -2.13. The minimum Gasteiger partial charge on any atom is -0.480 e. The molecule has 1 aromatic carbocycles. The third kappa shape index (κ3) is 5.84. The van der Waals surface area contributed by atoms with Crippen LogP contribution in [-0.4, -0.2) is 28.8 Å². The molecule has 0 bridgehead atoms. The fourth-order valence-electron chi connectivity index (χ4n) is 1.66. The van der Waals surface area contributed by atoms with Crippen molar-refractivity contribution in [1.29, 1.82) is 0 Å². The van der Waals surface area contributed by atoms with Crippen LogP contribution in [0, 0.1) is 6.92 Å². The van der Waals surface area contributed by atoms with Gasteiger partial charge in [0.1, 0.15) is 6.04 Å². The highest BCUT2D eigenvalue weighted by Crippen LogP contribution is 2.23. The van der Waals surface area contributed by atoms with Crippen LogP contribution in [-0.2, 0) is 15.3 Å². The van der Waals surface area contributed by atoms with Gasteiger partial charge in [-0.15, -0.1) is 0 Å². The Labute approximate surface area is 127 Å². The van der Waals surface area contributed by atoms with Gasteiger partial charge in [0.15, 0.2) is 0 Å². The van der Waals surface area contributed by atoms with Crippen LogP contribution in [0.5, 0.6) is 0 Å². The Morgan fingerprint density at radius 1 is 1.45 bits per heavy atom. The fourth-order valence-corrected chi connectivity index (χ4v) is 3.05. The molecule has 4 nitrogen and oxygen atoms in total. The summed E-state index contributed by atoms with van der Waals surface area (Å²) in [6.45, 7) is 3.29. The Balaban J connectivity index is 2.40. The molecular formula is C14H18ClNO3S. The number of carboxylic acids is 1. The number of amides is 1. The molecule has 110 valence electrons. The number of hydrogen-bond acceptors (Lipinski definition) is 3. The number of aryl methyl sites for hydroxylation is 1. The van der Waals surface area contributed by atoms with Gasteiger partial charge in [-0.2, -0.15) is 11.8 Å². The molecule has 20 heavy (non-hydrogen) atoms. The number of rotatable bonds is 7. The van der Waals surface area contributed by atoms with Gasteiger partial charge in [0.2, 0.25) is 5.91 Å². The molecular weight excluding hydrogens is 298 g/mol. The molecule has 1 aromatic rings. The van der Waals surface area contributed by atoms with Crippen molar-refractivity contribution in [3.05, 3.63) is 34.3 Å². The Hall–Kier alpha value is -1.20. The van der Waals surface area contributed by atoms with E-state index in [0.29, 0.717) is 12.2 Å². The number of carboxylic acid groups (broad SMARTS) is 1. The molecule has 1 atom stereocenters. The van der Waals surface area contributed by atoms with Crippen LogP contribution in [0.15, 0.2) is 18.2 Å². The van der Waals surface area contributed by atoms with Crippen LogP contribution in [0.2, 0.25) is 5.02 Å². The normalized spacial score (nSPS) is 11.9. The maximum Gasteiger partial charge on any atom is 0.326 e. The summed E-state index contributed by atoms with van der Waals surface area (Å²) in [7, 11) is 0. The van der Waals surface area contributed by atoms with Crippen LogP contribution in [0.4, 0.5) is 0 Å². The molecule has 0 aliphatic carbocycles. The third-order valence-electron chi connectivity index (χ3n) is 2.69. The number of nitrogens with one attached hydrogen (secondary N) is 1. The van der Waals surface area contributed by atoms with E-state index < -0.39 is 12.0 Å². The van der Waals surface area contributed by atoms with Crippen LogP contribution >= 0.6 is 23.4 Å². The maximum absolute atomic E-state index is 10.9. The second-order valence-corrected chi connectivity index (χ2v) is 6.04. The number of carbonyl (C=O) groups is 2. The average Bonchev–Trinajstić information content (AvgIpc) is 2.34. The number of aliphatic carboxylic acids is 1. The van der Waals surface area contributed by atoms with E-state index >= 15 is 0 Å². The number of halogens is 1. The summed E-state index contributed by atoms with van der Waals surface area (Å²) in [6.07, 6.45) is 0.392. The smallest absolute Gasteiger partial charge is 0.326 e. The molecule has 0 saturated heterocycles. The molecule has 0 fully saturated rings. The minimum absolute atomic E-state index is 0.330. The van der Waals surface area contributed by atoms with Crippen molar-refractivity contribution >= 4 is 35.2 Å². The zero-order chi connectivity index (χ0) is 15.1. The molecule has 0 radical (unpaired) electrons. The largest absolute Gasteiger partial charge is 0.480 e. The van der Waals surface area contributed by atoms with Gasteiger partial charge >= 0.3 is 5.97 Å². The summed E-state index contributed by atoms with van der Waals surface area (Å²) in [5.41, 5.74) is 2.15. The van der Waals surface area contributed by atoms with Crippen molar-refractivity contribution < 1.29 is 14.7 Å². The van der Waals surface area contributed by atoms with Crippen molar-refractivity contribution in [2.24, 2.45) is 0 Å². The van der Waals surface area contributed by atoms with Gasteiger partial charge in [0.05, 0.1) is 0 Å². The summed E-state index contributed by atoms with van der Waals surface area (Å²) in [5, 5.41) is 12.1. The van der Waals surface area contributed by atoms with Crippen molar-refractivity contribution in [2.45, 2.75) is 32.1 Å². The number of hydrogen-bond donors (Lipinski definition) is 2. The predicted molar refractivity (Wildman–Crippen MR) is 82.2 cm³/mol. The molecule has 0 spiro atoms. The zero-order valence-electron chi connectivity index (χ0n) is 11.5. The first kappa shape index (κ1) is 16.9. The highest BCUT2D eigenvalue weighted by Gasteiger charge is 2.17. The van der Waals surface area contributed by atoms with E-state index in [-0.39, 0.29) is 5.91 Å². The molecule has 2 N–H and O–H groups in total. The second kappa shape index (κ2) is 8.17. The SMILES string of the molecule is CC(=O)NC(CCSCc1ccc(C)cc1Cl)C(=O)O. The molecule has 0 aliphatic heterocycles. The van der Waals surface area contributed by atoms with Gasteiger partial charge in [-0.05, 0) is 36.3 Å².